The van der Waals surface area contributed by atoms with E-state index in [4.69, 9.17) is 29.0 Å². The minimum Gasteiger partial charge on any atom is -0.434 e. The fourth-order valence-electron chi connectivity index (χ4n) is 4.24. The molecule has 228 valence electrons. The Morgan fingerprint density at radius 2 is 1.90 bits per heavy atom. The second-order valence-electron chi connectivity index (χ2n) is 11.0. The normalized spacial score (nSPS) is 26.8. The molecule has 2 aliphatic heterocycles. The number of nitrogens with zero attached hydrogens (tertiary/aromatic N) is 4. The van der Waals surface area contributed by atoms with Gasteiger partial charge in [-0.3, -0.25) is 9.05 Å². The molecule has 4 rings (SSSR count). The first-order valence-electron chi connectivity index (χ1n) is 12.9. The van der Waals surface area contributed by atoms with E-state index in [9.17, 15) is 29.7 Å². The standard InChI is InChI=1S/C26H34N5O10P/c1-25(2,3)14-38-24(34)37-12-19-21(32)22(33)26(13-27,41-19)20-10-9-18-23(28)30(15-29-31(18)20)16-40-42(35,36)39-11-17-7-5-4-6-8-17/h4-10,15,19,21-23,32-33H,11-12,14,16,28H2,1-3H3,(H,35,36)/t19-,21-,22-,23?,26+/m1/s1. The van der Waals surface area contributed by atoms with Gasteiger partial charge >= 0.3 is 14.0 Å². The van der Waals surface area contributed by atoms with E-state index >= 15 is 0 Å². The van der Waals surface area contributed by atoms with Gasteiger partial charge in [0.25, 0.3) is 0 Å². The van der Waals surface area contributed by atoms with E-state index in [1.165, 1.54) is 28.0 Å². The molecule has 0 amide bonds. The van der Waals surface area contributed by atoms with E-state index < -0.39 is 57.4 Å². The lowest BCUT2D eigenvalue weighted by atomic mass is 9.92. The zero-order chi connectivity index (χ0) is 30.7. The Balaban J connectivity index is 1.41. The summed E-state index contributed by atoms with van der Waals surface area (Å²) >= 11 is 0. The third-order valence-electron chi connectivity index (χ3n) is 6.46. The Morgan fingerprint density at radius 1 is 1.19 bits per heavy atom. The molecule has 15 nitrogen and oxygen atoms in total. The second-order valence-corrected chi connectivity index (χ2v) is 12.4. The maximum atomic E-state index is 12.4. The number of phosphoric ester groups is 1. The first-order chi connectivity index (χ1) is 19.8. The lowest BCUT2D eigenvalue weighted by Gasteiger charge is -2.32. The maximum absolute atomic E-state index is 12.4. The molecule has 16 heteroatoms. The number of nitriles is 1. The molecule has 5 N–H and O–H groups in total. The Bertz CT molecular complexity index is 1370. The lowest BCUT2D eigenvalue weighted by Crippen LogP contribution is -2.43. The molecule has 1 fully saturated rings. The summed E-state index contributed by atoms with van der Waals surface area (Å²) in [5.41, 5.74) is 4.99. The molecule has 2 aromatic rings. The Kier molecular flexibility index (Phi) is 9.41. The number of hydrogen-bond acceptors (Lipinski definition) is 13. The quantitative estimate of drug-likeness (QED) is 0.225. The molecule has 6 atom stereocenters. The van der Waals surface area contributed by atoms with Gasteiger partial charge in [0.1, 0.15) is 50.2 Å². The van der Waals surface area contributed by atoms with Crippen molar-refractivity contribution in [3.8, 4) is 6.07 Å². The number of carbonyl (C=O) groups excluding carboxylic acids is 1. The van der Waals surface area contributed by atoms with E-state index in [1.54, 1.807) is 30.3 Å². The minimum absolute atomic E-state index is 0.0515. The smallest absolute Gasteiger partial charge is 0.434 e. The molecule has 1 aromatic heterocycles. The number of phosphoric acid groups is 1. The van der Waals surface area contributed by atoms with Crippen LogP contribution in [0, 0.1) is 16.7 Å². The van der Waals surface area contributed by atoms with Crippen molar-refractivity contribution >= 4 is 20.3 Å². The maximum Gasteiger partial charge on any atom is 0.508 e. The summed E-state index contributed by atoms with van der Waals surface area (Å²) in [7, 11) is -4.45. The van der Waals surface area contributed by atoms with Crippen molar-refractivity contribution in [3.05, 3.63) is 59.4 Å². The largest absolute Gasteiger partial charge is 0.508 e. The number of benzene rings is 1. The van der Waals surface area contributed by atoms with Crippen LogP contribution in [0.3, 0.4) is 0 Å². The summed E-state index contributed by atoms with van der Waals surface area (Å²) in [5.74, 6) is 0. The summed E-state index contributed by atoms with van der Waals surface area (Å²) in [6.07, 6.45) is -5.31. The number of aliphatic hydroxyl groups excluding tert-OH is 2. The molecule has 3 heterocycles. The molecule has 1 saturated heterocycles. The third-order valence-corrected chi connectivity index (χ3v) is 7.36. The van der Waals surface area contributed by atoms with E-state index in [-0.39, 0.29) is 24.3 Å². The van der Waals surface area contributed by atoms with Crippen molar-refractivity contribution in [1.82, 2.24) is 9.58 Å². The van der Waals surface area contributed by atoms with Gasteiger partial charge < -0.3 is 40.0 Å². The highest BCUT2D eigenvalue weighted by Crippen LogP contribution is 2.45. The van der Waals surface area contributed by atoms with Gasteiger partial charge in [0.15, 0.2) is 0 Å². The van der Waals surface area contributed by atoms with Crippen LogP contribution in [0.15, 0.2) is 47.6 Å². The summed E-state index contributed by atoms with van der Waals surface area (Å²) in [4.78, 5) is 23.4. The van der Waals surface area contributed by atoms with Gasteiger partial charge in [-0.2, -0.15) is 10.4 Å². The fourth-order valence-corrected chi connectivity index (χ4v) is 4.91. The lowest BCUT2D eigenvalue weighted by molar-refractivity contribution is -0.0741. The van der Waals surface area contributed by atoms with Crippen LogP contribution in [-0.4, -0.2) is 75.4 Å². The van der Waals surface area contributed by atoms with Crippen LogP contribution in [0.25, 0.3) is 0 Å². The van der Waals surface area contributed by atoms with Gasteiger partial charge in [-0.25, -0.2) is 14.0 Å². The first kappa shape index (κ1) is 31.6. The molecule has 0 aliphatic carbocycles. The molecule has 0 spiro atoms. The third kappa shape index (κ3) is 7.00. The molecule has 2 unspecified atom stereocenters. The Morgan fingerprint density at radius 3 is 2.57 bits per heavy atom. The van der Waals surface area contributed by atoms with Crippen LogP contribution in [0.2, 0.25) is 0 Å². The topological polar surface area (TPSA) is 211 Å². The van der Waals surface area contributed by atoms with Crippen molar-refractivity contribution in [2.75, 3.05) is 19.9 Å². The molecule has 42 heavy (non-hydrogen) atoms. The summed E-state index contributed by atoms with van der Waals surface area (Å²) in [5, 5.41) is 35.9. The fraction of sp³-hybridized carbons (Fsp3) is 0.500. The number of fused-ring (bicyclic) bond motifs is 1. The summed E-state index contributed by atoms with van der Waals surface area (Å²) in [6, 6.07) is 13.7. The van der Waals surface area contributed by atoms with Gasteiger partial charge in [-0.15, -0.1) is 0 Å². The van der Waals surface area contributed by atoms with Crippen LogP contribution in [-0.2, 0) is 40.0 Å². The zero-order valence-electron chi connectivity index (χ0n) is 23.3. The summed E-state index contributed by atoms with van der Waals surface area (Å²) < 4.78 is 39.6. The molecule has 2 aliphatic rings. The van der Waals surface area contributed by atoms with Crippen LogP contribution < -0.4 is 5.73 Å². The van der Waals surface area contributed by atoms with Crippen molar-refractivity contribution < 1.29 is 47.7 Å². The molecular formula is C26H34N5O10P. The highest BCUT2D eigenvalue weighted by molar-refractivity contribution is 7.47. The van der Waals surface area contributed by atoms with Gasteiger partial charge in [0.05, 0.1) is 24.6 Å². The number of hydrogen-bond donors (Lipinski definition) is 4. The van der Waals surface area contributed by atoms with Gasteiger partial charge in [-0.05, 0) is 23.1 Å². The summed E-state index contributed by atoms with van der Waals surface area (Å²) in [6.45, 7) is 4.61. The Labute approximate surface area is 242 Å². The highest BCUT2D eigenvalue weighted by atomic mass is 31.2. The predicted octanol–water partition coefficient (Wildman–Crippen LogP) is 1.88. The van der Waals surface area contributed by atoms with Gasteiger partial charge in [0, 0.05) is 0 Å². The molecule has 0 bridgehead atoms. The number of aliphatic hydroxyl groups is 2. The van der Waals surface area contributed by atoms with Crippen molar-refractivity contribution in [3.63, 3.8) is 0 Å². The number of carbonyl (C=O) groups is 1. The minimum atomic E-state index is -4.45. The van der Waals surface area contributed by atoms with Crippen LogP contribution in [0.1, 0.15) is 43.9 Å². The molecule has 1 aromatic carbocycles. The number of ether oxygens (including phenoxy) is 3. The monoisotopic (exact) mass is 607 g/mol. The number of nitrogens with two attached hydrogens (primary N) is 1. The average Bonchev–Trinajstić information content (AvgIpc) is 3.49. The van der Waals surface area contributed by atoms with E-state index in [2.05, 4.69) is 5.10 Å². The molecular weight excluding hydrogens is 573 g/mol. The van der Waals surface area contributed by atoms with Crippen LogP contribution >= 0.6 is 7.82 Å². The zero-order valence-corrected chi connectivity index (χ0v) is 24.2. The molecule has 0 saturated carbocycles. The van der Waals surface area contributed by atoms with E-state index in [0.717, 1.165) is 0 Å². The number of aromatic nitrogens is 1. The van der Waals surface area contributed by atoms with Crippen molar-refractivity contribution in [2.24, 2.45) is 16.3 Å². The van der Waals surface area contributed by atoms with Crippen LogP contribution in [0.5, 0.6) is 0 Å². The number of rotatable bonds is 10. The SMILES string of the molecule is CC(C)(C)COC(=O)OC[C@H]1O[C@@](C#N)(c2ccc3n2N=CN(COP(=O)(O)OCc2ccccc2)C3N)[C@H](O)[C@@H]1O. The highest BCUT2D eigenvalue weighted by Gasteiger charge is 2.58. The van der Waals surface area contributed by atoms with Crippen molar-refractivity contribution in [1.29, 1.82) is 5.26 Å². The average molecular weight is 608 g/mol. The van der Waals surface area contributed by atoms with Gasteiger partial charge in [0.2, 0.25) is 5.60 Å². The van der Waals surface area contributed by atoms with Crippen LogP contribution in [0.4, 0.5) is 4.79 Å². The van der Waals surface area contributed by atoms with E-state index in [0.29, 0.717) is 11.3 Å². The van der Waals surface area contributed by atoms with E-state index in [1.807, 2.05) is 26.8 Å². The van der Waals surface area contributed by atoms with Crippen molar-refractivity contribution in [2.45, 2.75) is 57.5 Å². The predicted molar refractivity (Wildman–Crippen MR) is 145 cm³/mol. The first-order valence-corrected chi connectivity index (χ1v) is 14.4. The van der Waals surface area contributed by atoms with Gasteiger partial charge in [-0.1, -0.05) is 51.1 Å². The second kappa shape index (κ2) is 12.5. The molecule has 0 radical (unpaired) electrons. The Hall–Kier alpha value is -3.32.